The smallest absolute Gasteiger partial charge is 0.393 e. The number of hydrogen-bond donors (Lipinski definition) is 0. The highest BCUT2D eigenvalue weighted by Crippen LogP contribution is 2.48. The van der Waals surface area contributed by atoms with Gasteiger partial charge in [0.15, 0.2) is 0 Å². The Balaban J connectivity index is 1.75. The average Bonchev–Trinajstić information content (AvgIpc) is 3.00. The van der Waals surface area contributed by atoms with E-state index in [1.54, 1.807) is 0 Å². The number of hydrogen-bond acceptors (Lipinski definition) is 3. The summed E-state index contributed by atoms with van der Waals surface area (Å²) in [5, 5.41) is 2.54. The molecule has 0 saturated carbocycles. The molecule has 4 aromatic rings. The van der Waals surface area contributed by atoms with Crippen molar-refractivity contribution in [1.82, 2.24) is 4.98 Å². The van der Waals surface area contributed by atoms with Gasteiger partial charge in [0, 0.05) is 17.4 Å². The van der Waals surface area contributed by atoms with Gasteiger partial charge in [-0.25, -0.2) is 0 Å². The van der Waals surface area contributed by atoms with E-state index < -0.39 is 0 Å². The van der Waals surface area contributed by atoms with Gasteiger partial charge in [-0.1, -0.05) is 42.5 Å². The number of benzene rings is 3. The number of pyridine rings is 1. The minimum atomic E-state index is 0.150. The van der Waals surface area contributed by atoms with Crippen molar-refractivity contribution in [2.45, 2.75) is 6.92 Å². The Labute approximate surface area is 159 Å². The molecule has 128 valence electrons. The van der Waals surface area contributed by atoms with E-state index in [9.17, 15) is 0 Å². The van der Waals surface area contributed by atoms with Crippen LogP contribution in [0.15, 0.2) is 72.9 Å². The minimum absolute atomic E-state index is 0.150. The van der Waals surface area contributed by atoms with Crippen LogP contribution < -0.4 is 15.1 Å². The number of anilines is 3. The fourth-order valence-electron chi connectivity index (χ4n) is 4.72. The van der Waals surface area contributed by atoms with Crippen LogP contribution in [0.1, 0.15) is 5.56 Å². The van der Waals surface area contributed by atoms with Gasteiger partial charge in [-0.15, -0.1) is 0 Å². The van der Waals surface area contributed by atoms with Crippen molar-refractivity contribution >= 4 is 40.3 Å². The Morgan fingerprint density at radius 1 is 0.852 bits per heavy atom. The van der Waals surface area contributed by atoms with Gasteiger partial charge in [0.25, 0.3) is 0 Å². The Hall–Kier alpha value is -3.27. The zero-order valence-corrected chi connectivity index (χ0v) is 15.3. The summed E-state index contributed by atoms with van der Waals surface area (Å²) in [6.07, 6.45) is 1.93. The zero-order valence-electron chi connectivity index (χ0n) is 15.3. The normalized spacial score (nSPS) is 14.1. The lowest BCUT2D eigenvalue weighted by Gasteiger charge is -2.35. The van der Waals surface area contributed by atoms with Gasteiger partial charge in [-0.05, 0) is 60.0 Å². The maximum absolute atomic E-state index is 4.83. The summed E-state index contributed by atoms with van der Waals surface area (Å²) < 4.78 is 0. The molecule has 3 nitrogen and oxygen atoms in total. The molecule has 1 aromatic heterocycles. The van der Waals surface area contributed by atoms with Crippen LogP contribution in [0.25, 0.3) is 22.0 Å². The molecule has 2 aliphatic rings. The van der Waals surface area contributed by atoms with E-state index >= 15 is 0 Å². The van der Waals surface area contributed by atoms with Crippen LogP contribution in [0.2, 0.25) is 0 Å². The number of nitrogens with zero attached hydrogens (tertiary/aromatic N) is 3. The highest BCUT2D eigenvalue weighted by molar-refractivity contribution is 6.85. The van der Waals surface area contributed by atoms with Crippen LogP contribution >= 0.6 is 0 Å². The highest BCUT2D eigenvalue weighted by Gasteiger charge is 2.46. The molecule has 0 fully saturated rings. The molecule has 0 bridgehead atoms. The molecule has 6 rings (SSSR count). The first-order chi connectivity index (χ1) is 13.2. The molecule has 0 saturated heterocycles. The van der Waals surface area contributed by atoms with Gasteiger partial charge in [0.05, 0.1) is 17.1 Å². The van der Waals surface area contributed by atoms with E-state index in [1.807, 2.05) is 6.20 Å². The lowest BCUT2D eigenvalue weighted by molar-refractivity contribution is 1.23. The number of para-hydroxylation sites is 2. The standard InChI is InChI=1S/C23H18BN3/c1-15-11-12-25-22-18-13-16-7-3-4-8-17(16)14-19(18)24-26(2)20-9-5-6-10-21(20)27(24)23(15)22/h3-14H,1-2H3. The van der Waals surface area contributed by atoms with Crippen LogP contribution in [0.4, 0.5) is 17.1 Å². The fourth-order valence-corrected chi connectivity index (χ4v) is 4.72. The van der Waals surface area contributed by atoms with Gasteiger partial charge >= 0.3 is 6.98 Å². The van der Waals surface area contributed by atoms with Crippen molar-refractivity contribution in [2.24, 2.45) is 0 Å². The maximum atomic E-state index is 4.83. The molecule has 3 heterocycles. The summed E-state index contributed by atoms with van der Waals surface area (Å²) in [4.78, 5) is 9.68. The van der Waals surface area contributed by atoms with Crippen LogP contribution in [-0.2, 0) is 0 Å². The van der Waals surface area contributed by atoms with E-state index in [0.717, 1.165) is 5.69 Å². The number of aryl methyl sites for hydroxylation is 1. The van der Waals surface area contributed by atoms with Crippen molar-refractivity contribution in [1.29, 1.82) is 0 Å². The third-order valence-electron chi connectivity index (χ3n) is 5.95. The van der Waals surface area contributed by atoms with Crippen LogP contribution in [0, 0.1) is 6.92 Å². The van der Waals surface area contributed by atoms with E-state index in [-0.39, 0.29) is 6.98 Å². The summed E-state index contributed by atoms with van der Waals surface area (Å²) >= 11 is 0. The first-order valence-electron chi connectivity index (χ1n) is 9.34. The maximum Gasteiger partial charge on any atom is 0.416 e. The second kappa shape index (κ2) is 5.13. The molecule has 0 aliphatic carbocycles. The van der Waals surface area contributed by atoms with Crippen molar-refractivity contribution in [3.8, 4) is 11.3 Å². The number of aromatic nitrogens is 1. The fraction of sp³-hybridized carbons (Fsp3) is 0.0870. The first-order valence-corrected chi connectivity index (χ1v) is 9.34. The van der Waals surface area contributed by atoms with E-state index in [4.69, 9.17) is 4.98 Å². The predicted molar refractivity (Wildman–Crippen MR) is 114 cm³/mol. The second-order valence-electron chi connectivity index (χ2n) is 7.45. The molecule has 3 aromatic carbocycles. The minimum Gasteiger partial charge on any atom is -0.393 e. The molecule has 0 amide bonds. The second-order valence-corrected chi connectivity index (χ2v) is 7.45. The SMILES string of the molecule is Cc1ccnc2c1N1B(c3cc4ccccc4cc3-2)N(C)c2ccccc21. The Morgan fingerprint density at radius 2 is 1.56 bits per heavy atom. The molecule has 0 N–H and O–H groups in total. The molecular formula is C23H18BN3. The first kappa shape index (κ1) is 14.9. The lowest BCUT2D eigenvalue weighted by Crippen LogP contribution is -2.56. The van der Waals surface area contributed by atoms with Crippen molar-refractivity contribution in [3.05, 3.63) is 78.5 Å². The largest absolute Gasteiger partial charge is 0.416 e. The summed E-state index contributed by atoms with van der Waals surface area (Å²) in [7, 11) is 2.19. The molecular weight excluding hydrogens is 329 g/mol. The van der Waals surface area contributed by atoms with E-state index in [2.05, 4.69) is 90.3 Å². The molecule has 27 heavy (non-hydrogen) atoms. The molecule has 0 radical (unpaired) electrons. The van der Waals surface area contributed by atoms with Gasteiger partial charge in [0.2, 0.25) is 0 Å². The van der Waals surface area contributed by atoms with Gasteiger partial charge in [-0.2, -0.15) is 0 Å². The van der Waals surface area contributed by atoms with Gasteiger partial charge in [0.1, 0.15) is 0 Å². The highest BCUT2D eigenvalue weighted by atomic mass is 15.3. The third-order valence-corrected chi connectivity index (χ3v) is 5.95. The zero-order chi connectivity index (χ0) is 18.1. The summed E-state index contributed by atoms with van der Waals surface area (Å²) in [6, 6.07) is 24.0. The summed E-state index contributed by atoms with van der Waals surface area (Å²) in [5.74, 6) is 0. The van der Waals surface area contributed by atoms with Crippen molar-refractivity contribution in [3.63, 3.8) is 0 Å². The average molecular weight is 347 g/mol. The number of fused-ring (bicyclic) bond motifs is 9. The summed E-state index contributed by atoms with van der Waals surface area (Å²) in [6.45, 7) is 2.34. The Kier molecular flexibility index (Phi) is 2.83. The van der Waals surface area contributed by atoms with Crippen LogP contribution in [-0.4, -0.2) is 19.0 Å². The molecule has 4 heteroatoms. The monoisotopic (exact) mass is 347 g/mol. The van der Waals surface area contributed by atoms with E-state index in [0.29, 0.717) is 0 Å². The van der Waals surface area contributed by atoms with Gasteiger partial charge in [-0.3, -0.25) is 4.98 Å². The lowest BCUT2D eigenvalue weighted by atomic mass is 9.60. The van der Waals surface area contributed by atoms with Crippen molar-refractivity contribution in [2.75, 3.05) is 16.7 Å². The molecule has 0 spiro atoms. The quantitative estimate of drug-likeness (QED) is 0.437. The predicted octanol–water partition coefficient (Wildman–Crippen LogP) is 4.51. The molecule has 0 atom stereocenters. The van der Waals surface area contributed by atoms with Crippen LogP contribution in [0.5, 0.6) is 0 Å². The third kappa shape index (κ3) is 1.85. The van der Waals surface area contributed by atoms with E-state index in [1.165, 1.54) is 44.4 Å². The molecule has 0 unspecified atom stereocenters. The Morgan fingerprint density at radius 3 is 2.37 bits per heavy atom. The Bertz CT molecular complexity index is 1230. The van der Waals surface area contributed by atoms with Crippen molar-refractivity contribution < 1.29 is 0 Å². The van der Waals surface area contributed by atoms with Gasteiger partial charge < -0.3 is 9.62 Å². The number of rotatable bonds is 0. The van der Waals surface area contributed by atoms with Crippen LogP contribution in [0.3, 0.4) is 0 Å². The molecule has 2 aliphatic heterocycles. The topological polar surface area (TPSA) is 19.4 Å². The summed E-state index contributed by atoms with van der Waals surface area (Å²) in [5.41, 5.74) is 8.64.